The number of aliphatic hydroxyl groups excluding tert-OH is 1. The first-order valence-corrected chi connectivity index (χ1v) is 10.7. The van der Waals surface area contributed by atoms with Gasteiger partial charge in [0.15, 0.2) is 5.78 Å². The smallest absolute Gasteiger partial charge is 0.184 e. The monoisotopic (exact) mass is 428 g/mol. The van der Waals surface area contributed by atoms with E-state index in [1.807, 2.05) is 31.5 Å². The third-order valence-electron chi connectivity index (χ3n) is 6.00. The lowest BCUT2D eigenvalue weighted by Gasteiger charge is -2.27. The van der Waals surface area contributed by atoms with Crippen LogP contribution in [0, 0.1) is 0 Å². The molecule has 0 fully saturated rings. The van der Waals surface area contributed by atoms with Crippen molar-refractivity contribution < 1.29 is 9.90 Å². The van der Waals surface area contributed by atoms with E-state index in [1.54, 1.807) is 4.68 Å². The molecule has 3 heterocycles. The Morgan fingerprint density at radius 3 is 2.81 bits per heavy atom. The molecule has 2 aromatic carbocycles. The third-order valence-corrected chi connectivity index (χ3v) is 6.00. The first-order chi connectivity index (χ1) is 15.7. The summed E-state index contributed by atoms with van der Waals surface area (Å²) in [5.41, 5.74) is 5.22. The summed E-state index contributed by atoms with van der Waals surface area (Å²) in [5.74, 6) is 0.239. The summed E-state index contributed by atoms with van der Waals surface area (Å²) < 4.78 is 1.72. The minimum absolute atomic E-state index is 0.00811. The normalized spacial score (nSPS) is 19.4. The second-order valence-electron chi connectivity index (χ2n) is 7.94. The highest BCUT2D eigenvalue weighted by Gasteiger charge is 2.39. The van der Waals surface area contributed by atoms with Crippen molar-refractivity contribution in [3.8, 4) is 0 Å². The van der Waals surface area contributed by atoms with E-state index in [1.165, 1.54) is 11.9 Å². The van der Waals surface area contributed by atoms with Crippen molar-refractivity contribution in [2.45, 2.75) is 24.9 Å². The number of carbonyl (C=O) groups excluding carboxylic acids is 1. The molecular formula is C24H24N6O2. The Labute approximate surface area is 185 Å². The SMILES string of the molecule is CNCc1ccc(C2C=Nc3cccc4c3C(=NCC4=O)C2c2ncnn2CCO)cc1. The molecule has 162 valence electrons. The number of aromatic nitrogens is 3. The van der Waals surface area contributed by atoms with Gasteiger partial charge in [0, 0.05) is 29.8 Å². The fraction of sp³-hybridized carbons (Fsp3) is 0.292. The number of hydrogen-bond acceptors (Lipinski definition) is 7. The third kappa shape index (κ3) is 3.47. The summed E-state index contributed by atoms with van der Waals surface area (Å²) in [6.45, 7) is 1.17. The molecule has 2 atom stereocenters. The van der Waals surface area contributed by atoms with E-state index in [9.17, 15) is 9.90 Å². The minimum atomic E-state index is -0.293. The number of benzene rings is 2. The van der Waals surface area contributed by atoms with Gasteiger partial charge < -0.3 is 10.4 Å². The van der Waals surface area contributed by atoms with Crippen LogP contribution in [-0.2, 0) is 13.1 Å². The number of hydrogen-bond donors (Lipinski definition) is 2. The van der Waals surface area contributed by atoms with Crippen LogP contribution in [0.25, 0.3) is 0 Å². The molecule has 1 aromatic heterocycles. The molecule has 0 saturated carbocycles. The largest absolute Gasteiger partial charge is 0.394 e. The summed E-state index contributed by atoms with van der Waals surface area (Å²) >= 11 is 0. The summed E-state index contributed by atoms with van der Waals surface area (Å²) in [5, 5.41) is 17.1. The zero-order chi connectivity index (χ0) is 22.1. The molecule has 0 spiro atoms. The number of aliphatic imine (C=N–C) groups is 2. The van der Waals surface area contributed by atoms with Crippen LogP contribution in [0.1, 0.15) is 44.7 Å². The molecular weight excluding hydrogens is 404 g/mol. The van der Waals surface area contributed by atoms with Crippen molar-refractivity contribution >= 4 is 23.4 Å². The Bertz CT molecular complexity index is 1210. The highest BCUT2D eigenvalue weighted by atomic mass is 16.3. The number of rotatable bonds is 6. The first-order valence-electron chi connectivity index (χ1n) is 10.7. The van der Waals surface area contributed by atoms with Crippen LogP contribution < -0.4 is 5.32 Å². The predicted octanol–water partition coefficient (Wildman–Crippen LogP) is 2.26. The topological polar surface area (TPSA) is 105 Å². The highest BCUT2D eigenvalue weighted by Crippen LogP contribution is 2.42. The molecule has 3 aromatic rings. The van der Waals surface area contributed by atoms with Crippen LogP contribution >= 0.6 is 0 Å². The van der Waals surface area contributed by atoms with Crippen LogP contribution in [0.15, 0.2) is 58.8 Å². The summed E-state index contributed by atoms with van der Waals surface area (Å²) in [7, 11) is 1.92. The zero-order valence-electron chi connectivity index (χ0n) is 17.8. The molecule has 2 N–H and O–H groups in total. The van der Waals surface area contributed by atoms with E-state index in [0.29, 0.717) is 17.9 Å². The van der Waals surface area contributed by atoms with Gasteiger partial charge in [0.05, 0.1) is 30.5 Å². The van der Waals surface area contributed by atoms with Crippen molar-refractivity contribution in [1.29, 1.82) is 0 Å². The number of nitrogens with zero attached hydrogens (tertiary/aromatic N) is 5. The zero-order valence-corrected chi connectivity index (χ0v) is 17.8. The van der Waals surface area contributed by atoms with Gasteiger partial charge in [0.1, 0.15) is 18.7 Å². The molecule has 32 heavy (non-hydrogen) atoms. The van der Waals surface area contributed by atoms with Crippen LogP contribution in [0.5, 0.6) is 0 Å². The molecule has 0 saturated heterocycles. The molecule has 8 nitrogen and oxygen atoms in total. The first kappa shape index (κ1) is 20.4. The number of nitrogens with one attached hydrogen (secondary N) is 1. The van der Waals surface area contributed by atoms with E-state index in [0.717, 1.165) is 29.1 Å². The maximum atomic E-state index is 12.6. The Hall–Kier alpha value is -3.49. The average Bonchev–Trinajstić information content (AvgIpc) is 3.19. The Morgan fingerprint density at radius 2 is 2.03 bits per heavy atom. The van der Waals surface area contributed by atoms with Crippen molar-refractivity contribution in [1.82, 2.24) is 20.1 Å². The van der Waals surface area contributed by atoms with E-state index in [2.05, 4.69) is 39.7 Å². The van der Waals surface area contributed by atoms with Crippen LogP contribution in [0.2, 0.25) is 0 Å². The highest BCUT2D eigenvalue weighted by molar-refractivity contribution is 6.21. The van der Waals surface area contributed by atoms with Gasteiger partial charge in [-0.05, 0) is 24.2 Å². The molecule has 5 rings (SSSR count). The Balaban J connectivity index is 1.70. The predicted molar refractivity (Wildman–Crippen MR) is 122 cm³/mol. The Kier molecular flexibility index (Phi) is 5.46. The van der Waals surface area contributed by atoms with Gasteiger partial charge in [-0.15, -0.1) is 0 Å². The van der Waals surface area contributed by atoms with Crippen molar-refractivity contribution in [3.63, 3.8) is 0 Å². The quantitative estimate of drug-likeness (QED) is 0.627. The van der Waals surface area contributed by atoms with E-state index >= 15 is 0 Å². The lowest BCUT2D eigenvalue weighted by atomic mass is 9.78. The van der Waals surface area contributed by atoms with Crippen molar-refractivity contribution in [3.05, 3.63) is 76.9 Å². The number of ketones is 1. The average molecular weight is 428 g/mol. The second-order valence-corrected chi connectivity index (χ2v) is 7.94. The van der Waals surface area contributed by atoms with Gasteiger partial charge in [0.2, 0.25) is 0 Å². The second kappa shape index (κ2) is 8.57. The van der Waals surface area contributed by atoms with Gasteiger partial charge in [0.25, 0.3) is 0 Å². The van der Waals surface area contributed by atoms with E-state index in [-0.39, 0.29) is 30.8 Å². The molecule has 0 aliphatic carbocycles. The van der Waals surface area contributed by atoms with Crippen molar-refractivity contribution in [2.24, 2.45) is 9.98 Å². The fourth-order valence-corrected chi connectivity index (χ4v) is 4.55. The van der Waals surface area contributed by atoms with Crippen molar-refractivity contribution in [2.75, 3.05) is 20.2 Å². The van der Waals surface area contributed by atoms with Crippen LogP contribution in [0.4, 0.5) is 5.69 Å². The van der Waals surface area contributed by atoms with E-state index < -0.39 is 0 Å². The van der Waals surface area contributed by atoms with Crippen LogP contribution in [-0.4, -0.2) is 57.8 Å². The molecule has 0 bridgehead atoms. The summed E-state index contributed by atoms with van der Waals surface area (Å²) in [6, 6.07) is 14.0. The fourth-order valence-electron chi connectivity index (χ4n) is 4.55. The van der Waals surface area contributed by atoms with Gasteiger partial charge >= 0.3 is 0 Å². The molecule has 8 heteroatoms. The summed E-state index contributed by atoms with van der Waals surface area (Å²) in [6.07, 6.45) is 3.43. The van der Waals surface area contributed by atoms with Gasteiger partial charge in [-0.1, -0.05) is 36.4 Å². The molecule has 0 radical (unpaired) electrons. The number of aliphatic hydroxyl groups is 1. The number of carbonyl (C=O) groups is 1. The molecule has 2 unspecified atom stereocenters. The maximum Gasteiger partial charge on any atom is 0.184 e. The number of Topliss-reactive ketones (excluding diaryl/α,β-unsaturated/α-hetero) is 1. The molecule has 0 amide bonds. The van der Waals surface area contributed by atoms with Crippen LogP contribution in [0.3, 0.4) is 0 Å². The standard InChI is InChI=1S/C24H24N6O2/c1-25-11-15-5-7-16(8-6-15)18-12-26-19-4-2-3-17-20(32)13-27-23(21(17)19)22(18)24-28-14-29-30(24)9-10-31/h2-8,12,14,18,22,25,31H,9-11,13H2,1H3. The van der Waals surface area contributed by atoms with Gasteiger partial charge in [-0.25, -0.2) is 9.67 Å². The molecule has 2 aliphatic rings. The summed E-state index contributed by atoms with van der Waals surface area (Å²) in [4.78, 5) is 26.7. The minimum Gasteiger partial charge on any atom is -0.394 e. The van der Waals surface area contributed by atoms with Gasteiger partial charge in [-0.2, -0.15) is 5.10 Å². The maximum absolute atomic E-state index is 12.6. The van der Waals surface area contributed by atoms with E-state index in [4.69, 9.17) is 9.98 Å². The Morgan fingerprint density at radius 1 is 1.19 bits per heavy atom. The lowest BCUT2D eigenvalue weighted by Crippen LogP contribution is -2.30. The van der Waals surface area contributed by atoms with Gasteiger partial charge in [-0.3, -0.25) is 14.8 Å². The lowest BCUT2D eigenvalue weighted by molar-refractivity contribution is 0.1000. The molecule has 2 aliphatic heterocycles.